The van der Waals surface area contributed by atoms with E-state index in [2.05, 4.69) is 24.1 Å². The van der Waals surface area contributed by atoms with Gasteiger partial charge in [0.2, 0.25) is 0 Å². The van der Waals surface area contributed by atoms with Crippen molar-refractivity contribution in [2.24, 2.45) is 5.92 Å². The molecule has 1 aromatic carbocycles. The first-order chi connectivity index (χ1) is 8.16. The van der Waals surface area contributed by atoms with Gasteiger partial charge in [-0.05, 0) is 18.1 Å². The molecule has 1 N–H and O–H groups in total. The maximum Gasteiger partial charge on any atom is 0.125 e. The number of nitrogens with one attached hydrogen (secondary N) is 1. The molecule has 0 fully saturated rings. The van der Waals surface area contributed by atoms with Crippen LogP contribution in [0, 0.1) is 11.7 Å². The first-order valence-corrected chi connectivity index (χ1v) is 5.75. The minimum absolute atomic E-state index is 0.218. The molecule has 1 aromatic heterocycles. The lowest BCUT2D eigenvalue weighted by Crippen LogP contribution is -2.24. The Labute approximate surface area is 99.3 Å². The molecule has 2 heterocycles. The maximum atomic E-state index is 13.3. The third kappa shape index (κ3) is 1.52. The van der Waals surface area contributed by atoms with E-state index in [4.69, 9.17) is 0 Å². The lowest BCUT2D eigenvalue weighted by Gasteiger charge is -2.31. The molecule has 0 saturated heterocycles. The Kier molecular flexibility index (Phi) is 2.18. The van der Waals surface area contributed by atoms with Crippen LogP contribution in [0.2, 0.25) is 0 Å². The van der Waals surface area contributed by atoms with Crippen LogP contribution in [-0.4, -0.2) is 9.55 Å². The second kappa shape index (κ2) is 3.58. The number of fused-ring (bicyclic) bond motifs is 3. The minimum atomic E-state index is -0.229. The summed E-state index contributed by atoms with van der Waals surface area (Å²) in [7, 11) is 0. The number of imidazole rings is 1. The van der Waals surface area contributed by atoms with Gasteiger partial charge in [-0.3, -0.25) is 4.57 Å². The Morgan fingerprint density at radius 2 is 2.24 bits per heavy atom. The van der Waals surface area contributed by atoms with Gasteiger partial charge < -0.3 is 5.32 Å². The van der Waals surface area contributed by atoms with Crippen LogP contribution in [-0.2, 0) is 0 Å². The van der Waals surface area contributed by atoms with Gasteiger partial charge in [-0.1, -0.05) is 13.8 Å². The van der Waals surface area contributed by atoms with E-state index in [9.17, 15) is 4.39 Å². The van der Waals surface area contributed by atoms with E-state index in [1.807, 2.05) is 10.8 Å². The highest BCUT2D eigenvalue weighted by Crippen LogP contribution is 2.36. The zero-order chi connectivity index (χ0) is 12.0. The van der Waals surface area contributed by atoms with Gasteiger partial charge in [0.15, 0.2) is 0 Å². The van der Waals surface area contributed by atoms with Crippen LogP contribution in [0.4, 0.5) is 10.1 Å². The minimum Gasteiger partial charge on any atom is -0.375 e. The summed E-state index contributed by atoms with van der Waals surface area (Å²) >= 11 is 0. The summed E-state index contributed by atoms with van der Waals surface area (Å²) in [4.78, 5) is 4.17. The van der Waals surface area contributed by atoms with Crippen LogP contribution in [0.1, 0.15) is 25.6 Å². The van der Waals surface area contributed by atoms with Crippen LogP contribution in [0.3, 0.4) is 0 Å². The second-order valence-electron chi connectivity index (χ2n) is 4.72. The van der Waals surface area contributed by atoms with E-state index >= 15 is 0 Å². The molecule has 1 aliphatic heterocycles. The molecule has 0 saturated carbocycles. The number of halogens is 1. The second-order valence-corrected chi connectivity index (χ2v) is 4.72. The third-order valence-corrected chi connectivity index (χ3v) is 3.18. The largest absolute Gasteiger partial charge is 0.375 e. The molecule has 3 rings (SSSR count). The van der Waals surface area contributed by atoms with Crippen molar-refractivity contribution in [3.8, 4) is 5.69 Å². The average molecular weight is 231 g/mol. The predicted molar refractivity (Wildman–Crippen MR) is 64.7 cm³/mol. The molecular formula is C13H14FN3. The molecule has 0 radical (unpaired) electrons. The molecule has 0 aliphatic carbocycles. The molecule has 0 unspecified atom stereocenters. The summed E-state index contributed by atoms with van der Waals surface area (Å²) < 4.78 is 15.2. The Morgan fingerprint density at radius 3 is 3.00 bits per heavy atom. The standard InChI is InChI=1S/C13H14FN3/c1-8(2)13-12-6-15-7-17(12)11-5-9(14)3-4-10(11)16-13/h3-8,13,16H,1-2H3/t13-/m0/s1. The lowest BCUT2D eigenvalue weighted by molar-refractivity contribution is 0.519. The lowest BCUT2D eigenvalue weighted by atomic mass is 9.98. The van der Waals surface area contributed by atoms with Crippen molar-refractivity contribution in [1.29, 1.82) is 0 Å². The van der Waals surface area contributed by atoms with Crippen LogP contribution in [0.15, 0.2) is 30.7 Å². The van der Waals surface area contributed by atoms with Gasteiger partial charge in [-0.15, -0.1) is 0 Å². The van der Waals surface area contributed by atoms with Gasteiger partial charge >= 0.3 is 0 Å². The van der Waals surface area contributed by atoms with E-state index in [1.54, 1.807) is 12.4 Å². The zero-order valence-electron chi connectivity index (χ0n) is 9.81. The normalized spacial score (nSPS) is 17.5. The van der Waals surface area contributed by atoms with Gasteiger partial charge in [0, 0.05) is 6.07 Å². The Bertz CT molecular complexity index is 560. The van der Waals surface area contributed by atoms with Gasteiger partial charge in [0.05, 0.1) is 35.6 Å². The number of rotatable bonds is 1. The Morgan fingerprint density at radius 1 is 1.41 bits per heavy atom. The third-order valence-electron chi connectivity index (χ3n) is 3.18. The highest BCUT2D eigenvalue weighted by Gasteiger charge is 2.26. The van der Waals surface area contributed by atoms with Crippen LogP contribution in [0.25, 0.3) is 5.69 Å². The monoisotopic (exact) mass is 231 g/mol. The van der Waals surface area contributed by atoms with Crippen LogP contribution in [0.5, 0.6) is 0 Å². The van der Waals surface area contributed by atoms with E-state index in [0.29, 0.717) is 5.92 Å². The van der Waals surface area contributed by atoms with Gasteiger partial charge in [-0.25, -0.2) is 9.37 Å². The number of aromatic nitrogens is 2. The predicted octanol–water partition coefficient (Wildman–Crippen LogP) is 3.13. The van der Waals surface area contributed by atoms with Gasteiger partial charge in [0.25, 0.3) is 0 Å². The molecular weight excluding hydrogens is 217 g/mol. The number of hydrogen-bond acceptors (Lipinski definition) is 2. The average Bonchev–Trinajstić information content (AvgIpc) is 2.76. The fourth-order valence-electron chi connectivity index (χ4n) is 2.31. The summed E-state index contributed by atoms with van der Waals surface area (Å²) in [6.45, 7) is 4.31. The van der Waals surface area contributed by atoms with Crippen molar-refractivity contribution in [2.75, 3.05) is 5.32 Å². The van der Waals surface area contributed by atoms with Gasteiger partial charge in [0.1, 0.15) is 5.82 Å². The molecule has 1 atom stereocenters. The number of anilines is 1. The number of benzene rings is 1. The highest BCUT2D eigenvalue weighted by atomic mass is 19.1. The quantitative estimate of drug-likeness (QED) is 0.817. The smallest absolute Gasteiger partial charge is 0.125 e. The molecule has 17 heavy (non-hydrogen) atoms. The summed E-state index contributed by atoms with van der Waals surface area (Å²) in [5.41, 5.74) is 2.86. The molecule has 3 nitrogen and oxygen atoms in total. The maximum absolute atomic E-state index is 13.3. The summed E-state index contributed by atoms with van der Waals surface area (Å²) in [6, 6.07) is 5.01. The molecule has 1 aliphatic rings. The van der Waals surface area contributed by atoms with Crippen LogP contribution >= 0.6 is 0 Å². The highest BCUT2D eigenvalue weighted by molar-refractivity contribution is 5.65. The number of nitrogens with zero attached hydrogens (tertiary/aromatic N) is 2. The Hall–Kier alpha value is -1.84. The molecule has 4 heteroatoms. The Balaban J connectivity index is 2.20. The molecule has 0 spiro atoms. The van der Waals surface area contributed by atoms with E-state index in [1.165, 1.54) is 12.1 Å². The number of hydrogen-bond donors (Lipinski definition) is 1. The van der Waals surface area contributed by atoms with E-state index in [-0.39, 0.29) is 11.9 Å². The van der Waals surface area contributed by atoms with Crippen molar-refractivity contribution >= 4 is 5.69 Å². The summed E-state index contributed by atoms with van der Waals surface area (Å²) in [5, 5.41) is 3.44. The molecule has 0 bridgehead atoms. The summed E-state index contributed by atoms with van der Waals surface area (Å²) in [6.07, 6.45) is 3.58. The first-order valence-electron chi connectivity index (χ1n) is 5.75. The van der Waals surface area contributed by atoms with Crippen LogP contribution < -0.4 is 5.32 Å². The zero-order valence-corrected chi connectivity index (χ0v) is 9.81. The van der Waals surface area contributed by atoms with Crippen molar-refractivity contribution in [3.63, 3.8) is 0 Å². The summed E-state index contributed by atoms with van der Waals surface area (Å²) in [5.74, 6) is 0.219. The van der Waals surface area contributed by atoms with Crippen molar-refractivity contribution in [2.45, 2.75) is 19.9 Å². The molecule has 2 aromatic rings. The first kappa shape index (κ1) is 10.3. The topological polar surface area (TPSA) is 29.9 Å². The fraction of sp³-hybridized carbons (Fsp3) is 0.308. The van der Waals surface area contributed by atoms with Crippen molar-refractivity contribution in [3.05, 3.63) is 42.2 Å². The van der Waals surface area contributed by atoms with E-state index in [0.717, 1.165) is 17.1 Å². The SMILES string of the molecule is CC(C)[C@@H]1Nc2ccc(F)cc2-n2cncc21. The molecule has 88 valence electrons. The van der Waals surface area contributed by atoms with Crippen molar-refractivity contribution in [1.82, 2.24) is 9.55 Å². The molecule has 0 amide bonds. The van der Waals surface area contributed by atoms with Gasteiger partial charge in [-0.2, -0.15) is 0 Å². The van der Waals surface area contributed by atoms with Crippen molar-refractivity contribution < 1.29 is 4.39 Å². The fourth-order valence-corrected chi connectivity index (χ4v) is 2.31. The van der Waals surface area contributed by atoms with E-state index < -0.39 is 0 Å².